The molecule has 1 aliphatic heterocycles. The molecule has 34 heavy (non-hydrogen) atoms. The van der Waals surface area contributed by atoms with E-state index in [9.17, 15) is 18.8 Å². The fourth-order valence-electron chi connectivity index (χ4n) is 3.91. The molecule has 0 radical (unpaired) electrons. The molecule has 0 aromatic heterocycles. The van der Waals surface area contributed by atoms with Gasteiger partial charge in [-0.15, -0.1) is 0 Å². The van der Waals surface area contributed by atoms with Gasteiger partial charge in [-0.3, -0.25) is 19.3 Å². The second kappa shape index (κ2) is 9.97. The standard InChI is InChI=1S/C27H26FN3O3/c1-29(2)15-16-30(18-21-7-3-6-10-24(21)28)25(32)20-13-11-19(12-14-20)17-31-26(33)22-8-4-5-9-23(22)27(31)34/h3-14H,15-18H2,1-2H3. The van der Waals surface area contributed by atoms with Crippen molar-refractivity contribution in [1.29, 1.82) is 0 Å². The summed E-state index contributed by atoms with van der Waals surface area (Å²) in [5.41, 5.74) is 2.46. The van der Waals surface area contributed by atoms with Gasteiger partial charge in [-0.2, -0.15) is 0 Å². The third-order valence-corrected chi connectivity index (χ3v) is 5.84. The third-order valence-electron chi connectivity index (χ3n) is 5.84. The minimum absolute atomic E-state index is 0.125. The Labute approximate surface area is 198 Å². The number of fused-ring (bicyclic) bond motifs is 1. The van der Waals surface area contributed by atoms with Crippen LogP contribution < -0.4 is 0 Å². The van der Waals surface area contributed by atoms with Gasteiger partial charge >= 0.3 is 0 Å². The van der Waals surface area contributed by atoms with Crippen molar-refractivity contribution in [2.45, 2.75) is 13.1 Å². The van der Waals surface area contributed by atoms with Gasteiger partial charge in [0.25, 0.3) is 17.7 Å². The quantitative estimate of drug-likeness (QED) is 0.481. The molecule has 0 N–H and O–H groups in total. The maximum Gasteiger partial charge on any atom is 0.261 e. The summed E-state index contributed by atoms with van der Waals surface area (Å²) in [5.74, 6) is -1.19. The molecule has 3 aromatic rings. The second-order valence-corrected chi connectivity index (χ2v) is 8.56. The van der Waals surface area contributed by atoms with Crippen molar-refractivity contribution in [3.05, 3.63) is 106 Å². The summed E-state index contributed by atoms with van der Waals surface area (Å²) in [6, 6.07) is 20.0. The number of nitrogens with zero attached hydrogens (tertiary/aromatic N) is 3. The molecule has 0 atom stereocenters. The van der Waals surface area contributed by atoms with Crippen molar-refractivity contribution < 1.29 is 18.8 Å². The Morgan fingerprint density at radius 1 is 0.824 bits per heavy atom. The van der Waals surface area contributed by atoms with E-state index in [-0.39, 0.29) is 36.6 Å². The van der Waals surface area contributed by atoms with Gasteiger partial charge in [0.1, 0.15) is 5.82 Å². The average Bonchev–Trinajstić information content (AvgIpc) is 3.08. The average molecular weight is 460 g/mol. The minimum Gasteiger partial charge on any atom is -0.333 e. The Balaban J connectivity index is 1.49. The number of amides is 3. The Morgan fingerprint density at radius 3 is 2.00 bits per heavy atom. The Hall–Kier alpha value is -3.84. The Bertz CT molecular complexity index is 1190. The van der Waals surface area contributed by atoms with Crippen LogP contribution in [0.25, 0.3) is 0 Å². The minimum atomic E-state index is -0.346. The van der Waals surface area contributed by atoms with Crippen molar-refractivity contribution in [2.24, 2.45) is 0 Å². The summed E-state index contributed by atoms with van der Waals surface area (Å²) in [6.07, 6.45) is 0. The number of hydrogen-bond acceptors (Lipinski definition) is 4. The molecule has 174 valence electrons. The lowest BCUT2D eigenvalue weighted by Crippen LogP contribution is -2.36. The summed E-state index contributed by atoms with van der Waals surface area (Å²) >= 11 is 0. The number of rotatable bonds is 8. The van der Waals surface area contributed by atoms with Crippen LogP contribution in [-0.4, -0.2) is 59.6 Å². The van der Waals surface area contributed by atoms with E-state index in [0.29, 0.717) is 35.3 Å². The first-order chi connectivity index (χ1) is 16.3. The van der Waals surface area contributed by atoms with Gasteiger partial charge in [0.2, 0.25) is 0 Å². The van der Waals surface area contributed by atoms with Crippen LogP contribution in [0, 0.1) is 5.82 Å². The lowest BCUT2D eigenvalue weighted by molar-refractivity contribution is 0.0640. The van der Waals surface area contributed by atoms with E-state index in [0.717, 1.165) is 5.56 Å². The van der Waals surface area contributed by atoms with Crippen LogP contribution in [0.3, 0.4) is 0 Å². The van der Waals surface area contributed by atoms with Crippen LogP contribution in [0.5, 0.6) is 0 Å². The summed E-state index contributed by atoms with van der Waals surface area (Å²) in [7, 11) is 3.83. The molecule has 3 aromatic carbocycles. The molecule has 4 rings (SSSR count). The summed E-state index contributed by atoms with van der Waals surface area (Å²) < 4.78 is 14.2. The molecular formula is C27H26FN3O3. The van der Waals surface area contributed by atoms with E-state index in [2.05, 4.69) is 0 Å². The Kier molecular flexibility index (Phi) is 6.84. The van der Waals surface area contributed by atoms with Crippen molar-refractivity contribution in [3.63, 3.8) is 0 Å². The van der Waals surface area contributed by atoms with E-state index in [1.54, 1.807) is 71.6 Å². The molecule has 7 heteroatoms. The Morgan fingerprint density at radius 2 is 1.41 bits per heavy atom. The zero-order chi connectivity index (χ0) is 24.2. The molecule has 3 amide bonds. The molecule has 0 aliphatic carbocycles. The molecule has 0 fully saturated rings. The van der Waals surface area contributed by atoms with E-state index in [1.165, 1.54) is 11.0 Å². The molecule has 1 aliphatic rings. The first-order valence-corrected chi connectivity index (χ1v) is 11.1. The highest BCUT2D eigenvalue weighted by Gasteiger charge is 2.34. The first-order valence-electron chi connectivity index (χ1n) is 11.1. The van der Waals surface area contributed by atoms with Crippen LogP contribution in [0.1, 0.15) is 42.2 Å². The van der Waals surface area contributed by atoms with Gasteiger partial charge in [-0.25, -0.2) is 4.39 Å². The number of hydrogen-bond donors (Lipinski definition) is 0. The molecule has 0 saturated carbocycles. The maximum atomic E-state index is 14.2. The normalized spacial score (nSPS) is 12.9. The molecule has 0 saturated heterocycles. The predicted molar refractivity (Wildman–Crippen MR) is 127 cm³/mol. The lowest BCUT2D eigenvalue weighted by Gasteiger charge is -2.25. The molecular weight excluding hydrogens is 433 g/mol. The lowest BCUT2D eigenvalue weighted by atomic mass is 10.1. The van der Waals surface area contributed by atoms with Gasteiger partial charge in [0, 0.05) is 30.8 Å². The summed E-state index contributed by atoms with van der Waals surface area (Å²) in [6.45, 7) is 1.37. The highest BCUT2D eigenvalue weighted by atomic mass is 19.1. The van der Waals surface area contributed by atoms with Crippen LogP contribution in [0.2, 0.25) is 0 Å². The van der Waals surface area contributed by atoms with Gasteiger partial charge in [0.05, 0.1) is 17.7 Å². The molecule has 1 heterocycles. The number of carbonyl (C=O) groups is 3. The van der Waals surface area contributed by atoms with Crippen LogP contribution in [0.4, 0.5) is 4.39 Å². The van der Waals surface area contributed by atoms with E-state index in [4.69, 9.17) is 0 Å². The van der Waals surface area contributed by atoms with Crippen LogP contribution in [0.15, 0.2) is 72.8 Å². The smallest absolute Gasteiger partial charge is 0.261 e. The molecule has 6 nitrogen and oxygen atoms in total. The number of benzene rings is 3. The van der Waals surface area contributed by atoms with Crippen molar-refractivity contribution in [3.8, 4) is 0 Å². The SMILES string of the molecule is CN(C)CCN(Cc1ccccc1F)C(=O)c1ccc(CN2C(=O)c3ccccc3C2=O)cc1. The zero-order valence-electron chi connectivity index (χ0n) is 19.2. The third kappa shape index (κ3) is 4.89. The van der Waals surface area contributed by atoms with Crippen LogP contribution in [-0.2, 0) is 13.1 Å². The van der Waals surface area contributed by atoms with Gasteiger partial charge in [-0.1, -0.05) is 42.5 Å². The number of likely N-dealkylation sites (N-methyl/N-ethyl adjacent to an activating group) is 1. The van der Waals surface area contributed by atoms with Crippen LogP contribution >= 0.6 is 0 Å². The molecule has 0 unspecified atom stereocenters. The number of imide groups is 1. The molecule has 0 spiro atoms. The summed E-state index contributed by atoms with van der Waals surface area (Å²) in [4.78, 5) is 43.3. The number of halogens is 1. The van der Waals surface area contributed by atoms with Gasteiger partial charge in [-0.05, 0) is 50.0 Å². The predicted octanol–water partition coefficient (Wildman–Crippen LogP) is 3.83. The van der Waals surface area contributed by atoms with E-state index in [1.807, 2.05) is 19.0 Å². The maximum absolute atomic E-state index is 14.2. The van der Waals surface area contributed by atoms with Crippen molar-refractivity contribution in [1.82, 2.24) is 14.7 Å². The summed E-state index contributed by atoms with van der Waals surface area (Å²) in [5, 5.41) is 0. The highest BCUT2D eigenvalue weighted by molar-refractivity contribution is 6.21. The first kappa shape index (κ1) is 23.3. The topological polar surface area (TPSA) is 60.9 Å². The fourth-order valence-corrected chi connectivity index (χ4v) is 3.91. The monoisotopic (exact) mass is 459 g/mol. The fraction of sp³-hybridized carbons (Fsp3) is 0.222. The van der Waals surface area contributed by atoms with E-state index < -0.39 is 0 Å². The highest BCUT2D eigenvalue weighted by Crippen LogP contribution is 2.24. The van der Waals surface area contributed by atoms with Crippen molar-refractivity contribution >= 4 is 17.7 Å². The van der Waals surface area contributed by atoms with Gasteiger partial charge < -0.3 is 9.80 Å². The number of carbonyl (C=O) groups excluding carboxylic acids is 3. The van der Waals surface area contributed by atoms with E-state index >= 15 is 0 Å². The van der Waals surface area contributed by atoms with Crippen molar-refractivity contribution in [2.75, 3.05) is 27.2 Å². The largest absolute Gasteiger partial charge is 0.333 e. The van der Waals surface area contributed by atoms with Gasteiger partial charge in [0.15, 0.2) is 0 Å². The molecule has 0 bridgehead atoms. The zero-order valence-corrected chi connectivity index (χ0v) is 19.2. The second-order valence-electron chi connectivity index (χ2n) is 8.56.